The Balaban J connectivity index is 3.08. The molecule has 0 aliphatic rings. The van der Waals surface area contributed by atoms with Gasteiger partial charge in [0, 0.05) is 0 Å². The Labute approximate surface area is 90.3 Å². The van der Waals surface area contributed by atoms with Crippen molar-refractivity contribution in [3.8, 4) is 0 Å². The highest BCUT2D eigenvalue weighted by molar-refractivity contribution is 6.64. The summed E-state index contributed by atoms with van der Waals surface area (Å²) in [6, 6.07) is 8.31. The molecule has 84 valence electrons. The normalized spacial score (nSPS) is 12.3. The molecule has 0 saturated carbocycles. The molecule has 7 nitrogen and oxygen atoms in total. The van der Waals surface area contributed by atoms with Gasteiger partial charge in [-0.15, -0.1) is 0 Å². The summed E-state index contributed by atoms with van der Waals surface area (Å²) in [5.74, 6) is -1.97. The summed E-state index contributed by atoms with van der Waals surface area (Å²) >= 11 is 0. The summed E-state index contributed by atoms with van der Waals surface area (Å²) in [7, 11) is 0. The summed E-state index contributed by atoms with van der Waals surface area (Å²) in [5, 5.41) is 28.3. The second-order valence-electron chi connectivity index (χ2n) is 2.66. The predicted octanol–water partition coefficient (Wildman–Crippen LogP) is 0.610. The van der Waals surface area contributed by atoms with E-state index in [4.69, 9.17) is 15.5 Å². The van der Waals surface area contributed by atoms with E-state index >= 15 is 0 Å². The third kappa shape index (κ3) is 2.79. The summed E-state index contributed by atoms with van der Waals surface area (Å²) in [6.45, 7) is 0. The van der Waals surface area contributed by atoms with Gasteiger partial charge in [-0.25, -0.2) is 15.3 Å². The fourth-order valence-electron chi connectivity index (χ4n) is 0.954. The Kier molecular flexibility index (Phi) is 3.98. The summed E-state index contributed by atoms with van der Waals surface area (Å²) in [6.07, 6.45) is 0. The van der Waals surface area contributed by atoms with Gasteiger partial charge in [0.2, 0.25) is 5.71 Å². The zero-order valence-electron chi connectivity index (χ0n) is 8.03. The van der Waals surface area contributed by atoms with E-state index in [1.807, 2.05) is 0 Å². The number of hydrogen-bond donors (Lipinski definition) is 4. The van der Waals surface area contributed by atoms with Crippen molar-refractivity contribution in [3.63, 3.8) is 0 Å². The van der Waals surface area contributed by atoms with Crippen molar-refractivity contribution in [1.29, 1.82) is 0 Å². The van der Waals surface area contributed by atoms with Crippen LogP contribution in [-0.2, 0) is 4.79 Å². The molecule has 0 saturated heterocycles. The maximum Gasteiger partial charge on any atom is 0.361 e. The number of benzene rings is 1. The average Bonchev–Trinajstić information content (AvgIpc) is 2.29. The molecule has 16 heavy (non-hydrogen) atoms. The lowest BCUT2D eigenvalue weighted by atomic mass is 10.3. The van der Waals surface area contributed by atoms with Gasteiger partial charge >= 0.3 is 5.97 Å². The number of oxime groups is 1. The molecule has 0 radical (unpaired) electrons. The molecule has 4 N–H and O–H groups in total. The van der Waals surface area contributed by atoms with Crippen LogP contribution in [-0.4, -0.2) is 33.0 Å². The van der Waals surface area contributed by atoms with Crippen LogP contribution in [0.4, 0.5) is 5.69 Å². The number of carboxylic acids is 1. The van der Waals surface area contributed by atoms with Gasteiger partial charge in [-0.2, -0.15) is 0 Å². The minimum atomic E-state index is -1.52. The number of carbonyl (C=O) groups is 1. The van der Waals surface area contributed by atoms with Crippen LogP contribution in [0.2, 0.25) is 0 Å². The Hall–Kier alpha value is -2.41. The first kappa shape index (κ1) is 11.7. The van der Waals surface area contributed by atoms with Gasteiger partial charge in [0.25, 0.3) is 0 Å². The van der Waals surface area contributed by atoms with E-state index in [2.05, 4.69) is 10.1 Å². The largest absolute Gasteiger partial charge is 0.476 e. The third-order valence-corrected chi connectivity index (χ3v) is 1.63. The van der Waals surface area contributed by atoms with E-state index in [-0.39, 0.29) is 0 Å². The third-order valence-electron chi connectivity index (χ3n) is 1.63. The number of aliphatic carboxylic acids is 1. The lowest BCUT2D eigenvalue weighted by Gasteiger charge is -2.02. The number of rotatable bonds is 3. The van der Waals surface area contributed by atoms with Crippen LogP contribution >= 0.6 is 0 Å². The lowest BCUT2D eigenvalue weighted by Crippen LogP contribution is -2.34. The van der Waals surface area contributed by atoms with Crippen LogP contribution in [0.5, 0.6) is 0 Å². The van der Waals surface area contributed by atoms with E-state index < -0.39 is 17.5 Å². The summed E-state index contributed by atoms with van der Waals surface area (Å²) in [5.41, 5.74) is 1.18. The molecule has 7 heteroatoms. The Morgan fingerprint density at radius 3 is 2.31 bits per heavy atom. The first-order valence-electron chi connectivity index (χ1n) is 4.18. The topological polar surface area (TPSA) is 115 Å². The van der Waals surface area contributed by atoms with Gasteiger partial charge in [-0.05, 0) is 12.1 Å². The summed E-state index contributed by atoms with van der Waals surface area (Å²) < 4.78 is 0. The molecule has 0 atom stereocenters. The molecule has 0 amide bonds. The molecule has 0 spiro atoms. The zero-order chi connectivity index (χ0) is 12.0. The van der Waals surface area contributed by atoms with Crippen molar-refractivity contribution in [1.82, 2.24) is 5.48 Å². The SMILES string of the molecule is O=C(O)/C(=N\O)C(=Nc1ccccc1)NO. The number of carboxylic acid groups (broad SMARTS) is 1. The number of para-hydroxylation sites is 1. The Bertz CT molecular complexity index is 428. The predicted molar refractivity (Wildman–Crippen MR) is 55.3 cm³/mol. The molecular formula is C9H9N3O4. The van der Waals surface area contributed by atoms with Crippen molar-refractivity contribution < 1.29 is 20.3 Å². The standard InChI is InChI=1S/C9H9N3O4/c13-9(14)7(11-15)8(12-16)10-6-4-2-1-3-5-6/h1-5,15-16H,(H,10,12)(H,13,14)/b11-7-. The van der Waals surface area contributed by atoms with Gasteiger partial charge < -0.3 is 10.3 Å². The van der Waals surface area contributed by atoms with E-state index in [0.29, 0.717) is 5.69 Å². The molecule has 1 aromatic rings. The van der Waals surface area contributed by atoms with E-state index in [0.717, 1.165) is 0 Å². The minimum Gasteiger partial charge on any atom is -0.476 e. The fourth-order valence-corrected chi connectivity index (χ4v) is 0.954. The maximum absolute atomic E-state index is 10.6. The molecule has 0 aliphatic heterocycles. The van der Waals surface area contributed by atoms with E-state index in [1.165, 1.54) is 0 Å². The fraction of sp³-hybridized carbons (Fsp3) is 0. The molecule has 0 fully saturated rings. The van der Waals surface area contributed by atoms with E-state index in [9.17, 15) is 4.79 Å². The van der Waals surface area contributed by atoms with Gasteiger partial charge in [0.05, 0.1) is 5.69 Å². The van der Waals surface area contributed by atoms with Gasteiger partial charge in [0.15, 0.2) is 5.84 Å². The van der Waals surface area contributed by atoms with E-state index in [1.54, 1.807) is 35.8 Å². The molecule has 0 bridgehead atoms. The zero-order valence-corrected chi connectivity index (χ0v) is 8.03. The number of aliphatic imine (C=N–C) groups is 1. The van der Waals surface area contributed by atoms with Crippen molar-refractivity contribution in [2.75, 3.05) is 0 Å². The van der Waals surface area contributed by atoms with Gasteiger partial charge in [0.1, 0.15) is 0 Å². The quantitative estimate of drug-likeness (QED) is 0.259. The highest BCUT2D eigenvalue weighted by atomic mass is 16.5. The molecular weight excluding hydrogens is 214 g/mol. The highest BCUT2D eigenvalue weighted by Gasteiger charge is 2.17. The molecule has 0 aliphatic carbocycles. The van der Waals surface area contributed by atoms with Crippen molar-refractivity contribution in [2.45, 2.75) is 0 Å². The highest BCUT2D eigenvalue weighted by Crippen LogP contribution is 2.09. The van der Waals surface area contributed by atoms with Crippen LogP contribution in [0, 0.1) is 0 Å². The molecule has 1 aromatic carbocycles. The first-order valence-corrected chi connectivity index (χ1v) is 4.18. The number of hydrogen-bond acceptors (Lipinski definition) is 5. The molecule has 0 unspecified atom stereocenters. The molecule has 0 heterocycles. The van der Waals surface area contributed by atoms with Gasteiger partial charge in [-0.1, -0.05) is 23.4 Å². The Morgan fingerprint density at radius 1 is 1.25 bits per heavy atom. The van der Waals surface area contributed by atoms with Crippen LogP contribution in [0.15, 0.2) is 40.5 Å². The Morgan fingerprint density at radius 2 is 1.88 bits per heavy atom. The van der Waals surface area contributed by atoms with Crippen LogP contribution in [0.1, 0.15) is 0 Å². The van der Waals surface area contributed by atoms with Crippen molar-refractivity contribution >= 4 is 23.2 Å². The van der Waals surface area contributed by atoms with Crippen molar-refractivity contribution in [3.05, 3.63) is 30.3 Å². The smallest absolute Gasteiger partial charge is 0.361 e. The van der Waals surface area contributed by atoms with Crippen LogP contribution in [0.3, 0.4) is 0 Å². The van der Waals surface area contributed by atoms with Crippen LogP contribution < -0.4 is 5.48 Å². The second kappa shape index (κ2) is 5.47. The number of hydroxylamine groups is 1. The molecule has 1 rings (SSSR count). The van der Waals surface area contributed by atoms with Gasteiger partial charge in [-0.3, -0.25) is 5.21 Å². The van der Waals surface area contributed by atoms with Crippen molar-refractivity contribution in [2.24, 2.45) is 10.1 Å². The lowest BCUT2D eigenvalue weighted by molar-refractivity contribution is -0.129. The maximum atomic E-state index is 10.6. The summed E-state index contributed by atoms with van der Waals surface area (Å²) in [4.78, 5) is 14.4. The molecule has 0 aromatic heterocycles. The second-order valence-corrected chi connectivity index (χ2v) is 2.66. The first-order chi connectivity index (χ1) is 7.69. The minimum absolute atomic E-state index is 0.404. The number of nitrogens with one attached hydrogen (secondary N) is 1. The van der Waals surface area contributed by atoms with Crippen LogP contribution in [0.25, 0.3) is 0 Å². The number of nitrogens with zero attached hydrogens (tertiary/aromatic N) is 2. The number of amidine groups is 1. The monoisotopic (exact) mass is 223 g/mol. The average molecular weight is 223 g/mol.